The third kappa shape index (κ3) is 3.94. The highest BCUT2D eigenvalue weighted by atomic mass is 19.4. The van der Waals surface area contributed by atoms with Crippen molar-refractivity contribution < 1.29 is 13.2 Å². The summed E-state index contributed by atoms with van der Waals surface area (Å²) in [6, 6.07) is 12.5. The van der Waals surface area contributed by atoms with Gasteiger partial charge in [-0.2, -0.15) is 13.2 Å². The van der Waals surface area contributed by atoms with E-state index >= 15 is 0 Å². The van der Waals surface area contributed by atoms with Crippen molar-refractivity contribution in [3.8, 4) is 0 Å². The van der Waals surface area contributed by atoms with E-state index in [4.69, 9.17) is 0 Å². The summed E-state index contributed by atoms with van der Waals surface area (Å²) in [6.45, 7) is 2.74. The summed E-state index contributed by atoms with van der Waals surface area (Å²) in [5.41, 5.74) is -0.126. The van der Waals surface area contributed by atoms with Gasteiger partial charge in [-0.3, -0.25) is 9.69 Å². The molecule has 7 heteroatoms. The average Bonchev–Trinajstić information content (AvgIpc) is 2.61. The number of alkyl halides is 3. The van der Waals surface area contributed by atoms with Crippen LogP contribution in [0.4, 0.5) is 13.2 Å². The maximum absolute atomic E-state index is 13.2. The third-order valence-corrected chi connectivity index (χ3v) is 4.20. The van der Waals surface area contributed by atoms with E-state index in [1.165, 1.54) is 12.1 Å². The van der Waals surface area contributed by atoms with Gasteiger partial charge in [-0.25, -0.2) is 4.98 Å². The Hall–Kier alpha value is -2.67. The maximum atomic E-state index is 13.2. The molecule has 0 saturated heterocycles. The van der Waals surface area contributed by atoms with E-state index < -0.39 is 11.7 Å². The van der Waals surface area contributed by atoms with Crippen LogP contribution in [-0.4, -0.2) is 21.4 Å². The molecule has 4 nitrogen and oxygen atoms in total. The van der Waals surface area contributed by atoms with Gasteiger partial charge in [0.15, 0.2) is 0 Å². The average molecular weight is 361 g/mol. The minimum absolute atomic E-state index is 0.114. The monoisotopic (exact) mass is 361 g/mol. The molecular weight excluding hydrogens is 343 g/mol. The molecule has 0 radical (unpaired) electrons. The van der Waals surface area contributed by atoms with Crippen LogP contribution in [0.3, 0.4) is 0 Å². The standard InChI is InChI=1S/C19H18F3N3O/c1-2-25(11-13-7-3-5-9-15(13)19(20,21)22)12-17-23-16-10-6-4-8-14(16)18(26)24-17/h3-10H,2,11-12H2,1H3,(H,23,24,26). The summed E-state index contributed by atoms with van der Waals surface area (Å²) in [6.07, 6.45) is -4.40. The number of rotatable bonds is 5. The number of para-hydroxylation sites is 1. The molecule has 26 heavy (non-hydrogen) atoms. The summed E-state index contributed by atoms with van der Waals surface area (Å²) in [5.74, 6) is 0.431. The molecule has 1 heterocycles. The molecule has 0 amide bonds. The van der Waals surface area contributed by atoms with Gasteiger partial charge in [0.05, 0.1) is 23.0 Å². The predicted molar refractivity (Wildman–Crippen MR) is 93.6 cm³/mol. The number of nitrogens with one attached hydrogen (secondary N) is 1. The number of aromatic amines is 1. The molecule has 0 spiro atoms. The van der Waals surface area contributed by atoms with Crippen LogP contribution in [0.1, 0.15) is 23.9 Å². The maximum Gasteiger partial charge on any atom is 0.416 e. The lowest BCUT2D eigenvalue weighted by atomic mass is 10.1. The SMILES string of the molecule is CCN(Cc1nc2ccccc2c(=O)[nH]1)Cc1ccccc1C(F)(F)F. The van der Waals surface area contributed by atoms with Crippen LogP contribution in [0.5, 0.6) is 0 Å². The summed E-state index contributed by atoms with van der Waals surface area (Å²) in [7, 11) is 0. The fourth-order valence-corrected chi connectivity index (χ4v) is 2.88. The van der Waals surface area contributed by atoms with Crippen LogP contribution in [0.15, 0.2) is 53.3 Å². The number of hydrogen-bond donors (Lipinski definition) is 1. The fourth-order valence-electron chi connectivity index (χ4n) is 2.88. The van der Waals surface area contributed by atoms with E-state index in [0.29, 0.717) is 23.3 Å². The van der Waals surface area contributed by atoms with E-state index in [1.54, 1.807) is 35.2 Å². The number of hydrogen-bond acceptors (Lipinski definition) is 3. The van der Waals surface area contributed by atoms with Crippen molar-refractivity contribution in [2.45, 2.75) is 26.2 Å². The number of fused-ring (bicyclic) bond motifs is 1. The molecule has 3 rings (SSSR count). The van der Waals surface area contributed by atoms with Crippen molar-refractivity contribution in [3.05, 3.63) is 75.8 Å². The molecule has 0 saturated carbocycles. The molecular formula is C19H18F3N3O. The van der Waals surface area contributed by atoms with Gasteiger partial charge in [-0.1, -0.05) is 37.3 Å². The van der Waals surface area contributed by atoms with E-state index in [9.17, 15) is 18.0 Å². The lowest BCUT2D eigenvalue weighted by Gasteiger charge is -2.22. The van der Waals surface area contributed by atoms with Crippen LogP contribution < -0.4 is 5.56 Å². The quantitative estimate of drug-likeness (QED) is 0.748. The highest BCUT2D eigenvalue weighted by Gasteiger charge is 2.33. The van der Waals surface area contributed by atoms with Crippen molar-refractivity contribution in [2.24, 2.45) is 0 Å². The van der Waals surface area contributed by atoms with Crippen molar-refractivity contribution in [2.75, 3.05) is 6.54 Å². The minimum Gasteiger partial charge on any atom is -0.309 e. The first kappa shape index (κ1) is 18.1. The Morgan fingerprint density at radius 3 is 2.46 bits per heavy atom. The number of nitrogens with zero attached hydrogens (tertiary/aromatic N) is 2. The van der Waals surface area contributed by atoms with Gasteiger partial charge in [0, 0.05) is 6.54 Å². The Labute approximate surface area is 148 Å². The van der Waals surface area contributed by atoms with Crippen LogP contribution >= 0.6 is 0 Å². The topological polar surface area (TPSA) is 49.0 Å². The Bertz CT molecular complexity index is 966. The summed E-state index contributed by atoms with van der Waals surface area (Å²) < 4.78 is 39.5. The van der Waals surface area contributed by atoms with Crippen molar-refractivity contribution in [1.82, 2.24) is 14.9 Å². The Kier molecular flexibility index (Phi) is 5.08. The van der Waals surface area contributed by atoms with Gasteiger partial charge in [0.25, 0.3) is 5.56 Å². The van der Waals surface area contributed by atoms with E-state index in [0.717, 1.165) is 6.07 Å². The molecule has 0 atom stereocenters. The van der Waals surface area contributed by atoms with Crippen LogP contribution in [0, 0.1) is 0 Å². The lowest BCUT2D eigenvalue weighted by molar-refractivity contribution is -0.138. The van der Waals surface area contributed by atoms with E-state index in [1.807, 2.05) is 6.92 Å². The molecule has 0 bridgehead atoms. The molecule has 2 aromatic carbocycles. The zero-order valence-corrected chi connectivity index (χ0v) is 14.2. The Balaban J connectivity index is 1.87. The number of aromatic nitrogens is 2. The molecule has 0 aliphatic heterocycles. The van der Waals surface area contributed by atoms with Crippen LogP contribution in [0.25, 0.3) is 10.9 Å². The van der Waals surface area contributed by atoms with Crippen molar-refractivity contribution in [3.63, 3.8) is 0 Å². The summed E-state index contributed by atoms with van der Waals surface area (Å²) in [5, 5.41) is 0.488. The number of benzene rings is 2. The zero-order chi connectivity index (χ0) is 18.7. The van der Waals surface area contributed by atoms with E-state index in [-0.39, 0.29) is 24.2 Å². The first-order valence-corrected chi connectivity index (χ1v) is 8.24. The molecule has 0 fully saturated rings. The molecule has 1 N–H and O–H groups in total. The highest BCUT2D eigenvalue weighted by Crippen LogP contribution is 2.32. The first-order chi connectivity index (χ1) is 12.4. The number of halogens is 3. The largest absolute Gasteiger partial charge is 0.416 e. The number of H-pyrrole nitrogens is 1. The van der Waals surface area contributed by atoms with Gasteiger partial charge in [-0.05, 0) is 30.3 Å². The lowest BCUT2D eigenvalue weighted by Crippen LogP contribution is -2.26. The summed E-state index contributed by atoms with van der Waals surface area (Å²) >= 11 is 0. The van der Waals surface area contributed by atoms with Crippen LogP contribution in [0.2, 0.25) is 0 Å². The van der Waals surface area contributed by atoms with Gasteiger partial charge >= 0.3 is 6.18 Å². The van der Waals surface area contributed by atoms with Gasteiger partial charge < -0.3 is 4.98 Å². The zero-order valence-electron chi connectivity index (χ0n) is 14.2. The summed E-state index contributed by atoms with van der Waals surface area (Å²) in [4.78, 5) is 21.1. The second-order valence-corrected chi connectivity index (χ2v) is 5.99. The van der Waals surface area contributed by atoms with Gasteiger partial charge in [0.2, 0.25) is 0 Å². The molecule has 0 aliphatic carbocycles. The third-order valence-electron chi connectivity index (χ3n) is 4.20. The Morgan fingerprint density at radius 2 is 1.73 bits per heavy atom. The molecule has 1 aromatic heterocycles. The smallest absolute Gasteiger partial charge is 0.309 e. The van der Waals surface area contributed by atoms with Crippen LogP contribution in [-0.2, 0) is 19.3 Å². The van der Waals surface area contributed by atoms with Gasteiger partial charge in [-0.15, -0.1) is 0 Å². The predicted octanol–water partition coefficient (Wildman–Crippen LogP) is 3.96. The minimum atomic E-state index is -4.40. The molecule has 0 aliphatic rings. The normalized spacial score (nSPS) is 12.0. The Morgan fingerprint density at radius 1 is 1.04 bits per heavy atom. The second-order valence-electron chi connectivity index (χ2n) is 5.99. The second kappa shape index (κ2) is 7.29. The molecule has 3 aromatic rings. The fraction of sp³-hybridized carbons (Fsp3) is 0.263. The highest BCUT2D eigenvalue weighted by molar-refractivity contribution is 5.77. The van der Waals surface area contributed by atoms with Crippen molar-refractivity contribution in [1.29, 1.82) is 0 Å². The van der Waals surface area contributed by atoms with Gasteiger partial charge in [0.1, 0.15) is 5.82 Å². The molecule has 136 valence electrons. The van der Waals surface area contributed by atoms with E-state index in [2.05, 4.69) is 9.97 Å². The first-order valence-electron chi connectivity index (χ1n) is 8.24. The van der Waals surface area contributed by atoms with Crippen molar-refractivity contribution >= 4 is 10.9 Å². The molecule has 0 unspecified atom stereocenters.